The Kier molecular flexibility index (Phi) is 4.97. The predicted octanol–water partition coefficient (Wildman–Crippen LogP) is 0.824. The van der Waals surface area contributed by atoms with Crippen molar-refractivity contribution in [2.75, 3.05) is 25.6 Å². The third-order valence-corrected chi connectivity index (χ3v) is 6.39. The summed E-state index contributed by atoms with van der Waals surface area (Å²) in [6.07, 6.45) is 0.567. The number of thiazole rings is 1. The van der Waals surface area contributed by atoms with Crippen LogP contribution < -0.4 is 5.32 Å². The molecule has 21 heavy (non-hydrogen) atoms. The second-order valence-electron chi connectivity index (χ2n) is 5.05. The molecule has 0 atom stereocenters. The average Bonchev–Trinajstić information content (AvgIpc) is 2.79. The number of sulfonamides is 1. The van der Waals surface area contributed by atoms with E-state index < -0.39 is 15.3 Å². The molecule has 0 aliphatic carbocycles. The fourth-order valence-corrected chi connectivity index (χ4v) is 4.40. The fraction of sp³-hybridized carbons (Fsp3) is 0.667. The van der Waals surface area contributed by atoms with Gasteiger partial charge < -0.3 is 4.74 Å². The number of anilines is 1. The van der Waals surface area contributed by atoms with E-state index in [2.05, 4.69) is 10.3 Å². The molecule has 1 amide bonds. The summed E-state index contributed by atoms with van der Waals surface area (Å²) in [7, 11) is -1.81. The van der Waals surface area contributed by atoms with Gasteiger partial charge in [0.1, 0.15) is 6.61 Å². The van der Waals surface area contributed by atoms with Crippen LogP contribution in [0.5, 0.6) is 0 Å². The highest BCUT2D eigenvalue weighted by Gasteiger charge is 2.31. The molecule has 9 heteroatoms. The predicted molar refractivity (Wildman–Crippen MR) is 80.8 cm³/mol. The molecule has 1 aliphatic heterocycles. The highest BCUT2D eigenvalue weighted by atomic mass is 32.2. The number of nitrogens with one attached hydrogen (secondary N) is 1. The van der Waals surface area contributed by atoms with Crippen LogP contribution in [0, 0.1) is 0 Å². The number of nitrogens with zero attached hydrogens (tertiary/aromatic N) is 2. The number of methoxy groups -OCH3 is 1. The van der Waals surface area contributed by atoms with Crippen molar-refractivity contribution < 1.29 is 17.9 Å². The molecule has 1 aromatic heterocycles. The lowest BCUT2D eigenvalue weighted by Crippen LogP contribution is -2.39. The molecule has 0 saturated heterocycles. The van der Waals surface area contributed by atoms with Gasteiger partial charge in [-0.15, -0.1) is 11.3 Å². The lowest BCUT2D eigenvalue weighted by atomic mass is 10.2. The van der Waals surface area contributed by atoms with Crippen LogP contribution >= 0.6 is 11.3 Å². The monoisotopic (exact) mass is 333 g/mol. The summed E-state index contributed by atoms with van der Waals surface area (Å²) in [4.78, 5) is 16.7. The Morgan fingerprint density at radius 2 is 2.24 bits per heavy atom. The van der Waals surface area contributed by atoms with Gasteiger partial charge in [0, 0.05) is 31.5 Å². The number of carbonyl (C=O) groups excluding carboxylic acids is 1. The molecule has 0 aromatic carbocycles. The van der Waals surface area contributed by atoms with Crippen LogP contribution in [0.1, 0.15) is 24.4 Å². The van der Waals surface area contributed by atoms with Crippen LogP contribution in [0.25, 0.3) is 0 Å². The summed E-state index contributed by atoms with van der Waals surface area (Å²) in [5, 5.41) is 2.71. The van der Waals surface area contributed by atoms with Gasteiger partial charge in [-0.3, -0.25) is 10.1 Å². The van der Waals surface area contributed by atoms with Crippen molar-refractivity contribution in [2.24, 2.45) is 0 Å². The SMILES string of the molecule is COCC(=O)Nc1nc2c(s1)CN(S(=O)(=O)C(C)C)CC2. The van der Waals surface area contributed by atoms with E-state index in [0.717, 1.165) is 10.6 Å². The Bertz CT molecular complexity index is 624. The van der Waals surface area contributed by atoms with Crippen LogP contribution in [-0.4, -0.2) is 49.1 Å². The number of ether oxygens (including phenoxy) is 1. The first kappa shape index (κ1) is 16.3. The van der Waals surface area contributed by atoms with Gasteiger partial charge >= 0.3 is 0 Å². The van der Waals surface area contributed by atoms with Crippen LogP contribution in [0.4, 0.5) is 5.13 Å². The molecule has 0 unspecified atom stereocenters. The number of carbonyl (C=O) groups is 1. The molecule has 1 aliphatic rings. The van der Waals surface area contributed by atoms with Crippen LogP contribution in [0.3, 0.4) is 0 Å². The molecule has 1 N–H and O–H groups in total. The van der Waals surface area contributed by atoms with E-state index >= 15 is 0 Å². The highest BCUT2D eigenvalue weighted by Crippen LogP contribution is 2.30. The highest BCUT2D eigenvalue weighted by molar-refractivity contribution is 7.89. The summed E-state index contributed by atoms with van der Waals surface area (Å²) in [6, 6.07) is 0. The van der Waals surface area contributed by atoms with E-state index in [-0.39, 0.29) is 12.5 Å². The first-order chi connectivity index (χ1) is 9.84. The summed E-state index contributed by atoms with van der Waals surface area (Å²) in [5.41, 5.74) is 0.864. The Labute approximate surface area is 128 Å². The smallest absolute Gasteiger partial charge is 0.252 e. The third-order valence-electron chi connectivity index (χ3n) is 3.17. The lowest BCUT2D eigenvalue weighted by molar-refractivity contribution is -0.119. The van der Waals surface area contributed by atoms with Crippen LogP contribution in [-0.2, 0) is 32.5 Å². The van der Waals surface area contributed by atoms with E-state index in [1.807, 2.05) is 0 Å². The van der Waals surface area contributed by atoms with Gasteiger partial charge in [0.25, 0.3) is 5.91 Å². The van der Waals surface area contributed by atoms with Crippen molar-refractivity contribution in [1.29, 1.82) is 0 Å². The Balaban J connectivity index is 2.12. The summed E-state index contributed by atoms with van der Waals surface area (Å²) in [5.74, 6) is -0.268. The third kappa shape index (κ3) is 3.60. The number of hydrogen-bond acceptors (Lipinski definition) is 6. The van der Waals surface area contributed by atoms with Crippen LogP contribution in [0.2, 0.25) is 0 Å². The number of fused-ring (bicyclic) bond motifs is 1. The van der Waals surface area contributed by atoms with Crippen molar-refractivity contribution in [1.82, 2.24) is 9.29 Å². The van der Waals surface area contributed by atoms with Gasteiger partial charge in [0.2, 0.25) is 10.0 Å². The second-order valence-corrected chi connectivity index (χ2v) is 8.62. The molecular formula is C12H19N3O4S2. The minimum absolute atomic E-state index is 0.0297. The number of rotatable bonds is 5. The number of hydrogen-bond donors (Lipinski definition) is 1. The average molecular weight is 333 g/mol. The maximum atomic E-state index is 12.2. The lowest BCUT2D eigenvalue weighted by Gasteiger charge is -2.26. The van der Waals surface area contributed by atoms with Gasteiger partial charge in [-0.1, -0.05) is 0 Å². The molecule has 2 heterocycles. The van der Waals surface area contributed by atoms with Crippen molar-refractivity contribution in [3.63, 3.8) is 0 Å². The second kappa shape index (κ2) is 6.39. The molecule has 0 bridgehead atoms. The molecular weight excluding hydrogens is 314 g/mol. The number of aromatic nitrogens is 1. The molecule has 118 valence electrons. The van der Waals surface area contributed by atoms with Gasteiger partial charge in [-0.25, -0.2) is 13.4 Å². The maximum Gasteiger partial charge on any atom is 0.252 e. The van der Waals surface area contributed by atoms with Crippen molar-refractivity contribution in [3.05, 3.63) is 10.6 Å². The summed E-state index contributed by atoms with van der Waals surface area (Å²) < 4.78 is 30.6. The van der Waals surface area contributed by atoms with Gasteiger partial charge in [0.15, 0.2) is 5.13 Å². The zero-order valence-corrected chi connectivity index (χ0v) is 13.9. The van der Waals surface area contributed by atoms with Crippen molar-refractivity contribution in [2.45, 2.75) is 32.1 Å². The van der Waals surface area contributed by atoms with E-state index in [9.17, 15) is 13.2 Å². The Hall–Kier alpha value is -1.03. The minimum Gasteiger partial charge on any atom is -0.375 e. The summed E-state index contributed by atoms with van der Waals surface area (Å²) >= 11 is 1.32. The zero-order valence-electron chi connectivity index (χ0n) is 12.2. The van der Waals surface area contributed by atoms with Gasteiger partial charge in [-0.05, 0) is 13.8 Å². The first-order valence-corrected chi connectivity index (χ1v) is 8.93. The molecule has 0 radical (unpaired) electrons. The zero-order chi connectivity index (χ0) is 15.6. The first-order valence-electron chi connectivity index (χ1n) is 6.61. The molecule has 2 rings (SSSR count). The molecule has 0 saturated carbocycles. The summed E-state index contributed by atoms with van der Waals surface area (Å²) in [6.45, 7) is 4.08. The molecule has 0 fully saturated rings. The fourth-order valence-electron chi connectivity index (χ4n) is 2.03. The van der Waals surface area contributed by atoms with Crippen LogP contribution in [0.15, 0.2) is 0 Å². The maximum absolute atomic E-state index is 12.2. The Morgan fingerprint density at radius 3 is 2.86 bits per heavy atom. The van der Waals surface area contributed by atoms with Crippen molar-refractivity contribution in [3.8, 4) is 0 Å². The van der Waals surface area contributed by atoms with Gasteiger partial charge in [0.05, 0.1) is 10.9 Å². The van der Waals surface area contributed by atoms with E-state index in [1.54, 1.807) is 13.8 Å². The molecule has 7 nitrogen and oxygen atoms in total. The quantitative estimate of drug-likeness (QED) is 0.862. The number of amides is 1. The topological polar surface area (TPSA) is 88.6 Å². The molecule has 0 spiro atoms. The van der Waals surface area contributed by atoms with E-state index in [4.69, 9.17) is 4.74 Å². The molecule has 1 aromatic rings. The van der Waals surface area contributed by atoms with Gasteiger partial charge in [-0.2, -0.15) is 4.31 Å². The van der Waals surface area contributed by atoms with E-state index in [1.165, 1.54) is 22.8 Å². The van der Waals surface area contributed by atoms with Crippen molar-refractivity contribution >= 4 is 32.4 Å². The largest absolute Gasteiger partial charge is 0.375 e. The standard InChI is InChI=1S/C12H19N3O4S2/c1-8(2)21(17,18)15-5-4-9-10(6-15)20-12(13-9)14-11(16)7-19-3/h8H,4-7H2,1-3H3,(H,13,14,16). The van der Waals surface area contributed by atoms with E-state index in [0.29, 0.717) is 24.6 Å². The minimum atomic E-state index is -3.26. The normalized spacial score (nSPS) is 16.0. The Morgan fingerprint density at radius 1 is 1.52 bits per heavy atom.